The molecule has 0 aromatic carbocycles. The van der Waals surface area contributed by atoms with Crippen molar-refractivity contribution in [1.29, 1.82) is 0 Å². The van der Waals surface area contributed by atoms with Gasteiger partial charge < -0.3 is 10.9 Å². The van der Waals surface area contributed by atoms with E-state index >= 15 is 0 Å². The molecule has 0 bridgehead atoms. The van der Waals surface area contributed by atoms with Gasteiger partial charge in [-0.2, -0.15) is 11.8 Å². The molecule has 0 saturated carbocycles. The number of oxime groups is 1. The predicted octanol–water partition coefficient (Wildman–Crippen LogP) is 2.20. The SMILES string of the molecule is CSC1(C(N)=NO)CCN(Cc2nc(C)c(C)s2)CC1. The topological polar surface area (TPSA) is 74.7 Å². The Kier molecular flexibility index (Phi) is 4.93. The third-order valence-electron chi connectivity index (χ3n) is 4.06. The molecular formula is C13H22N4OS2. The zero-order valence-electron chi connectivity index (χ0n) is 12.2. The molecule has 1 aliphatic heterocycles. The number of aryl methyl sites for hydroxylation is 2. The Morgan fingerprint density at radius 1 is 1.50 bits per heavy atom. The molecule has 0 amide bonds. The summed E-state index contributed by atoms with van der Waals surface area (Å²) in [7, 11) is 0. The number of likely N-dealkylation sites (tertiary alicyclic amines) is 1. The second-order valence-electron chi connectivity index (χ2n) is 5.21. The van der Waals surface area contributed by atoms with Crippen LogP contribution in [0.3, 0.4) is 0 Å². The highest BCUT2D eigenvalue weighted by Gasteiger charge is 2.38. The fourth-order valence-corrected chi connectivity index (χ4v) is 4.34. The number of thioether (sulfide) groups is 1. The number of rotatable bonds is 4. The Balaban J connectivity index is 1.97. The molecule has 5 nitrogen and oxygen atoms in total. The van der Waals surface area contributed by atoms with Gasteiger partial charge in [0.25, 0.3) is 0 Å². The van der Waals surface area contributed by atoms with E-state index < -0.39 is 0 Å². The summed E-state index contributed by atoms with van der Waals surface area (Å²) in [5.41, 5.74) is 7.00. The van der Waals surface area contributed by atoms with Gasteiger partial charge in [-0.25, -0.2) is 4.98 Å². The highest BCUT2D eigenvalue weighted by molar-refractivity contribution is 8.00. The Morgan fingerprint density at radius 2 is 2.15 bits per heavy atom. The zero-order chi connectivity index (χ0) is 14.8. The summed E-state index contributed by atoms with van der Waals surface area (Å²) in [5, 5.41) is 13.4. The summed E-state index contributed by atoms with van der Waals surface area (Å²) >= 11 is 3.46. The fraction of sp³-hybridized carbons (Fsp3) is 0.692. The molecule has 2 heterocycles. The van der Waals surface area contributed by atoms with Crippen molar-refractivity contribution >= 4 is 28.9 Å². The molecule has 0 atom stereocenters. The largest absolute Gasteiger partial charge is 0.409 e. The summed E-state index contributed by atoms with van der Waals surface area (Å²) in [6.45, 7) is 6.98. The van der Waals surface area contributed by atoms with Gasteiger partial charge in [-0.3, -0.25) is 4.90 Å². The van der Waals surface area contributed by atoms with Crippen molar-refractivity contribution in [2.75, 3.05) is 19.3 Å². The number of aromatic nitrogens is 1. The maximum absolute atomic E-state index is 8.95. The second-order valence-corrected chi connectivity index (χ2v) is 7.69. The van der Waals surface area contributed by atoms with Crippen molar-refractivity contribution in [1.82, 2.24) is 9.88 Å². The van der Waals surface area contributed by atoms with E-state index in [1.165, 1.54) is 9.88 Å². The quantitative estimate of drug-likeness (QED) is 0.386. The maximum Gasteiger partial charge on any atom is 0.155 e. The Labute approximate surface area is 128 Å². The van der Waals surface area contributed by atoms with E-state index in [2.05, 4.69) is 28.9 Å². The number of nitrogens with two attached hydrogens (primary N) is 1. The standard InChI is InChI=1S/C13H22N4OS2/c1-9-10(2)20-11(15-9)8-17-6-4-13(19-3,5-7-17)12(14)16-18/h18H,4-8H2,1-3H3,(H2,14,16). The van der Waals surface area contributed by atoms with Crippen LogP contribution in [0.1, 0.15) is 28.4 Å². The van der Waals surface area contributed by atoms with E-state index in [0.29, 0.717) is 5.84 Å². The lowest BCUT2D eigenvalue weighted by Crippen LogP contribution is -2.49. The van der Waals surface area contributed by atoms with Gasteiger partial charge in [0.15, 0.2) is 5.84 Å². The first-order chi connectivity index (χ1) is 9.50. The molecule has 1 aromatic rings. The highest BCUT2D eigenvalue weighted by atomic mass is 32.2. The number of hydrogen-bond donors (Lipinski definition) is 2. The van der Waals surface area contributed by atoms with E-state index in [4.69, 9.17) is 10.9 Å². The van der Waals surface area contributed by atoms with Gasteiger partial charge in [0.1, 0.15) is 5.01 Å². The van der Waals surface area contributed by atoms with E-state index in [-0.39, 0.29) is 4.75 Å². The van der Waals surface area contributed by atoms with Crippen molar-refractivity contribution in [3.05, 3.63) is 15.6 Å². The molecule has 1 aliphatic rings. The van der Waals surface area contributed by atoms with Gasteiger partial charge in [-0.1, -0.05) is 5.16 Å². The minimum absolute atomic E-state index is 0.208. The smallest absolute Gasteiger partial charge is 0.155 e. The molecule has 1 aromatic heterocycles. The average molecular weight is 314 g/mol. The van der Waals surface area contributed by atoms with Crippen molar-refractivity contribution in [3.8, 4) is 0 Å². The normalized spacial score (nSPS) is 20.2. The Bertz CT molecular complexity index is 473. The van der Waals surface area contributed by atoms with Crippen LogP contribution < -0.4 is 5.73 Å². The van der Waals surface area contributed by atoms with Crippen LogP contribution in [0.4, 0.5) is 0 Å². The van der Waals surface area contributed by atoms with E-state index in [9.17, 15) is 0 Å². The van der Waals surface area contributed by atoms with Crippen LogP contribution >= 0.6 is 23.1 Å². The van der Waals surface area contributed by atoms with Crippen LogP contribution in [0.5, 0.6) is 0 Å². The Hall–Kier alpha value is -0.790. The van der Waals surface area contributed by atoms with Crippen molar-refractivity contribution < 1.29 is 5.21 Å². The summed E-state index contributed by atoms with van der Waals surface area (Å²) in [4.78, 5) is 8.29. The summed E-state index contributed by atoms with van der Waals surface area (Å²) in [5.74, 6) is 0.352. The van der Waals surface area contributed by atoms with Gasteiger partial charge >= 0.3 is 0 Å². The van der Waals surface area contributed by atoms with Gasteiger partial charge in [-0.15, -0.1) is 11.3 Å². The first kappa shape index (κ1) is 15.6. The molecule has 7 heteroatoms. The van der Waals surface area contributed by atoms with Crippen molar-refractivity contribution in [3.63, 3.8) is 0 Å². The Morgan fingerprint density at radius 3 is 2.60 bits per heavy atom. The van der Waals surface area contributed by atoms with Crippen LogP contribution in [0.15, 0.2) is 5.16 Å². The van der Waals surface area contributed by atoms with Gasteiger partial charge in [0.2, 0.25) is 0 Å². The highest BCUT2D eigenvalue weighted by Crippen LogP contribution is 2.35. The van der Waals surface area contributed by atoms with Gasteiger partial charge in [0, 0.05) is 18.0 Å². The summed E-state index contributed by atoms with van der Waals surface area (Å²) in [6.07, 6.45) is 3.85. The molecule has 0 aliphatic carbocycles. The van der Waals surface area contributed by atoms with E-state index in [0.717, 1.165) is 38.2 Å². The molecule has 1 fully saturated rings. The van der Waals surface area contributed by atoms with Gasteiger partial charge in [0.05, 0.1) is 17.0 Å². The monoisotopic (exact) mass is 314 g/mol. The fourth-order valence-electron chi connectivity index (χ4n) is 2.53. The number of amidine groups is 1. The number of thiazole rings is 1. The lowest BCUT2D eigenvalue weighted by atomic mass is 9.94. The molecule has 3 N–H and O–H groups in total. The lowest BCUT2D eigenvalue weighted by molar-refractivity contribution is 0.209. The molecule has 0 radical (unpaired) electrons. The van der Waals surface area contributed by atoms with Crippen LogP contribution in [0, 0.1) is 13.8 Å². The summed E-state index contributed by atoms with van der Waals surface area (Å²) in [6, 6.07) is 0. The van der Waals surface area contributed by atoms with E-state index in [1.54, 1.807) is 23.1 Å². The predicted molar refractivity (Wildman–Crippen MR) is 85.8 cm³/mol. The third-order valence-corrected chi connectivity index (χ3v) is 6.52. The van der Waals surface area contributed by atoms with Crippen molar-refractivity contribution in [2.45, 2.75) is 38.0 Å². The molecule has 2 rings (SSSR count). The molecule has 1 saturated heterocycles. The van der Waals surface area contributed by atoms with Crippen LogP contribution in [0.2, 0.25) is 0 Å². The first-order valence-corrected chi connectivity index (χ1v) is 8.73. The number of hydrogen-bond acceptors (Lipinski definition) is 6. The third kappa shape index (κ3) is 3.10. The maximum atomic E-state index is 8.95. The van der Waals surface area contributed by atoms with Crippen molar-refractivity contribution in [2.24, 2.45) is 10.9 Å². The summed E-state index contributed by atoms with van der Waals surface area (Å²) < 4.78 is -0.208. The molecule has 112 valence electrons. The van der Waals surface area contributed by atoms with Crippen LogP contribution in [-0.4, -0.2) is 45.0 Å². The first-order valence-electron chi connectivity index (χ1n) is 6.69. The van der Waals surface area contributed by atoms with Gasteiger partial charge in [-0.05, 0) is 32.9 Å². The zero-order valence-corrected chi connectivity index (χ0v) is 13.9. The average Bonchev–Trinajstić information content (AvgIpc) is 2.77. The van der Waals surface area contributed by atoms with Crippen LogP contribution in [-0.2, 0) is 6.54 Å². The number of piperidine rings is 1. The minimum Gasteiger partial charge on any atom is -0.409 e. The second kappa shape index (κ2) is 6.32. The molecule has 20 heavy (non-hydrogen) atoms. The van der Waals surface area contributed by atoms with Crippen LogP contribution in [0.25, 0.3) is 0 Å². The molecular weight excluding hydrogens is 292 g/mol. The molecule has 0 spiro atoms. The molecule has 0 unspecified atom stereocenters. The van der Waals surface area contributed by atoms with E-state index in [1.807, 2.05) is 6.26 Å². The number of nitrogens with zero attached hydrogens (tertiary/aromatic N) is 3. The minimum atomic E-state index is -0.208. The lowest BCUT2D eigenvalue weighted by Gasteiger charge is -2.39.